The summed E-state index contributed by atoms with van der Waals surface area (Å²) >= 11 is 5.87. The topological polar surface area (TPSA) is 38.1 Å². The van der Waals surface area contributed by atoms with E-state index in [4.69, 9.17) is 11.6 Å². The molecule has 1 aliphatic rings. The predicted molar refractivity (Wildman–Crippen MR) is 96.8 cm³/mol. The maximum atomic E-state index is 13.3. The normalized spacial score (nSPS) is 16.2. The fourth-order valence-corrected chi connectivity index (χ4v) is 3.58. The van der Waals surface area contributed by atoms with Crippen LogP contribution in [0, 0.1) is 0 Å². The molecule has 1 atom stereocenters. The van der Waals surface area contributed by atoms with Gasteiger partial charge in [0.1, 0.15) is 0 Å². The first-order chi connectivity index (χ1) is 12.6. The Kier molecular flexibility index (Phi) is 5.63. The molecule has 0 radical (unpaired) electrons. The molecule has 2 heterocycles. The lowest BCUT2D eigenvalue weighted by atomic mass is 9.96. The van der Waals surface area contributed by atoms with Crippen LogP contribution in [0.2, 0.25) is 5.02 Å². The first-order valence-electron chi connectivity index (χ1n) is 8.76. The summed E-state index contributed by atoms with van der Waals surface area (Å²) in [6.45, 7) is 2.67. The monoisotopic (exact) mass is 399 g/mol. The quantitative estimate of drug-likeness (QED) is 0.752. The molecule has 0 saturated carbocycles. The van der Waals surface area contributed by atoms with Crippen LogP contribution in [0.4, 0.5) is 13.2 Å². The standard InChI is InChI=1S/C19H21ClF3N3O/c1-12(13-3-5-14(20)6-4-13)9-15(27)10-26-17-11-25(2)8-7-16(17)18(24-26)19(21,22)23/h3-6,12H,7-11H2,1-2H3. The van der Waals surface area contributed by atoms with Crippen LogP contribution >= 0.6 is 11.6 Å². The van der Waals surface area contributed by atoms with Crippen molar-refractivity contribution in [3.63, 3.8) is 0 Å². The molecule has 1 aromatic carbocycles. The third kappa shape index (κ3) is 4.52. The smallest absolute Gasteiger partial charge is 0.300 e. The molecule has 0 saturated heterocycles. The number of ketones is 1. The molecule has 1 unspecified atom stereocenters. The molecule has 146 valence electrons. The molecule has 0 bridgehead atoms. The van der Waals surface area contributed by atoms with Crippen molar-refractivity contribution in [3.05, 3.63) is 51.8 Å². The maximum absolute atomic E-state index is 13.3. The van der Waals surface area contributed by atoms with E-state index in [1.807, 2.05) is 31.0 Å². The molecule has 0 fully saturated rings. The van der Waals surface area contributed by atoms with Crippen LogP contribution in [0.25, 0.3) is 0 Å². The number of hydrogen-bond acceptors (Lipinski definition) is 3. The van der Waals surface area contributed by atoms with Gasteiger partial charge in [-0.25, -0.2) is 0 Å². The Bertz CT molecular complexity index is 830. The Morgan fingerprint density at radius 3 is 2.59 bits per heavy atom. The Morgan fingerprint density at radius 1 is 1.30 bits per heavy atom. The zero-order valence-corrected chi connectivity index (χ0v) is 15.9. The molecule has 8 heteroatoms. The highest BCUT2D eigenvalue weighted by Crippen LogP contribution is 2.35. The highest BCUT2D eigenvalue weighted by Gasteiger charge is 2.40. The number of hydrogen-bond donors (Lipinski definition) is 0. The fourth-order valence-electron chi connectivity index (χ4n) is 3.45. The van der Waals surface area contributed by atoms with E-state index in [9.17, 15) is 18.0 Å². The van der Waals surface area contributed by atoms with E-state index in [-0.39, 0.29) is 36.7 Å². The van der Waals surface area contributed by atoms with E-state index in [2.05, 4.69) is 5.10 Å². The van der Waals surface area contributed by atoms with Crippen molar-refractivity contribution in [1.82, 2.24) is 14.7 Å². The molecule has 4 nitrogen and oxygen atoms in total. The van der Waals surface area contributed by atoms with Crippen molar-refractivity contribution in [2.45, 2.75) is 44.9 Å². The van der Waals surface area contributed by atoms with E-state index in [1.54, 1.807) is 12.1 Å². The Hall–Kier alpha value is -1.86. The number of nitrogens with zero attached hydrogens (tertiary/aromatic N) is 3. The molecule has 0 N–H and O–H groups in total. The second kappa shape index (κ2) is 7.64. The summed E-state index contributed by atoms with van der Waals surface area (Å²) in [5.41, 5.74) is 0.817. The number of carbonyl (C=O) groups is 1. The van der Waals surface area contributed by atoms with Gasteiger partial charge >= 0.3 is 6.18 Å². The first kappa shape index (κ1) is 19.9. The van der Waals surface area contributed by atoms with Gasteiger partial charge in [-0.15, -0.1) is 0 Å². The van der Waals surface area contributed by atoms with E-state index < -0.39 is 11.9 Å². The van der Waals surface area contributed by atoms with Gasteiger partial charge in [0, 0.05) is 30.1 Å². The largest absolute Gasteiger partial charge is 0.435 e. The van der Waals surface area contributed by atoms with E-state index in [1.165, 1.54) is 4.68 Å². The summed E-state index contributed by atoms with van der Waals surface area (Å²) in [6, 6.07) is 7.22. The van der Waals surface area contributed by atoms with Gasteiger partial charge in [-0.2, -0.15) is 18.3 Å². The molecule has 0 spiro atoms. The lowest BCUT2D eigenvalue weighted by Gasteiger charge is -2.24. The number of Topliss-reactive ketones (excluding diaryl/α,β-unsaturated/α-hetero) is 1. The number of benzene rings is 1. The van der Waals surface area contributed by atoms with Crippen LogP contribution in [-0.4, -0.2) is 34.1 Å². The average molecular weight is 400 g/mol. The molecule has 2 aromatic rings. The van der Waals surface area contributed by atoms with Gasteiger partial charge in [0.25, 0.3) is 0 Å². The molecule has 27 heavy (non-hydrogen) atoms. The second-order valence-corrected chi connectivity index (χ2v) is 7.55. The maximum Gasteiger partial charge on any atom is 0.435 e. The zero-order chi connectivity index (χ0) is 19.8. The first-order valence-corrected chi connectivity index (χ1v) is 9.14. The lowest BCUT2D eigenvalue weighted by molar-refractivity contribution is -0.142. The van der Waals surface area contributed by atoms with Gasteiger partial charge in [0.15, 0.2) is 11.5 Å². The van der Waals surface area contributed by atoms with Gasteiger partial charge in [0.2, 0.25) is 0 Å². The summed E-state index contributed by atoms with van der Waals surface area (Å²) in [4.78, 5) is 14.4. The van der Waals surface area contributed by atoms with Crippen LogP contribution in [0.5, 0.6) is 0 Å². The third-order valence-electron chi connectivity index (χ3n) is 4.90. The van der Waals surface area contributed by atoms with Crippen LogP contribution in [0.3, 0.4) is 0 Å². The van der Waals surface area contributed by atoms with E-state index in [0.29, 0.717) is 23.8 Å². The fraction of sp³-hybridized carbons (Fsp3) is 0.474. The molecular weight excluding hydrogens is 379 g/mol. The van der Waals surface area contributed by atoms with Gasteiger partial charge in [0.05, 0.1) is 12.2 Å². The second-order valence-electron chi connectivity index (χ2n) is 7.11. The van der Waals surface area contributed by atoms with Crippen molar-refractivity contribution >= 4 is 17.4 Å². The molecular formula is C19H21ClF3N3O. The summed E-state index contributed by atoms with van der Waals surface area (Å²) < 4.78 is 41.1. The molecule has 1 aliphatic heterocycles. The minimum absolute atomic E-state index is 0.0501. The number of aromatic nitrogens is 2. The van der Waals surface area contributed by atoms with Crippen LogP contribution in [0.1, 0.15) is 41.8 Å². The van der Waals surface area contributed by atoms with E-state index in [0.717, 1.165) is 5.56 Å². The molecule has 0 aliphatic carbocycles. The highest BCUT2D eigenvalue weighted by atomic mass is 35.5. The number of carbonyl (C=O) groups excluding carboxylic acids is 1. The highest BCUT2D eigenvalue weighted by molar-refractivity contribution is 6.30. The number of rotatable bonds is 5. The molecule has 0 amide bonds. The summed E-state index contributed by atoms with van der Waals surface area (Å²) in [5, 5.41) is 4.37. The Morgan fingerprint density at radius 2 is 1.96 bits per heavy atom. The van der Waals surface area contributed by atoms with Gasteiger partial charge in [-0.05, 0) is 37.1 Å². The van der Waals surface area contributed by atoms with Crippen molar-refractivity contribution in [3.8, 4) is 0 Å². The van der Waals surface area contributed by atoms with Crippen LogP contribution < -0.4 is 0 Å². The van der Waals surface area contributed by atoms with Crippen LogP contribution in [0.15, 0.2) is 24.3 Å². The Labute approximate surface area is 160 Å². The van der Waals surface area contributed by atoms with Gasteiger partial charge in [-0.1, -0.05) is 30.7 Å². The number of likely N-dealkylation sites (N-methyl/N-ethyl adjacent to an activating group) is 1. The van der Waals surface area contributed by atoms with Crippen molar-refractivity contribution < 1.29 is 18.0 Å². The minimum atomic E-state index is -4.51. The van der Waals surface area contributed by atoms with Gasteiger partial charge in [-0.3, -0.25) is 9.48 Å². The zero-order valence-electron chi connectivity index (χ0n) is 15.2. The SMILES string of the molecule is CC(CC(=O)Cn1nc(C(F)(F)F)c2c1CN(C)CC2)c1ccc(Cl)cc1. The average Bonchev–Trinajstić information content (AvgIpc) is 2.93. The summed E-state index contributed by atoms with van der Waals surface area (Å²) in [7, 11) is 1.85. The molecule has 3 rings (SSSR count). The van der Waals surface area contributed by atoms with Crippen molar-refractivity contribution in [2.24, 2.45) is 0 Å². The van der Waals surface area contributed by atoms with Gasteiger partial charge < -0.3 is 4.90 Å². The lowest BCUT2D eigenvalue weighted by Crippen LogP contribution is -2.29. The Balaban J connectivity index is 1.77. The summed E-state index contributed by atoms with van der Waals surface area (Å²) in [5.74, 6) is -0.199. The van der Waals surface area contributed by atoms with Crippen molar-refractivity contribution in [2.75, 3.05) is 13.6 Å². The number of alkyl halides is 3. The number of fused-ring (bicyclic) bond motifs is 1. The number of halogens is 4. The molecule has 1 aromatic heterocycles. The predicted octanol–water partition coefficient (Wildman–Crippen LogP) is 4.31. The summed E-state index contributed by atoms with van der Waals surface area (Å²) in [6.07, 6.45) is -3.99. The van der Waals surface area contributed by atoms with Crippen LogP contribution in [-0.2, 0) is 30.5 Å². The van der Waals surface area contributed by atoms with Crippen molar-refractivity contribution in [1.29, 1.82) is 0 Å². The minimum Gasteiger partial charge on any atom is -0.300 e. The van der Waals surface area contributed by atoms with E-state index >= 15 is 0 Å². The third-order valence-corrected chi connectivity index (χ3v) is 5.15.